The predicted molar refractivity (Wildman–Crippen MR) is 108 cm³/mol. The lowest BCUT2D eigenvalue weighted by Crippen LogP contribution is -2.26. The molecule has 0 aliphatic carbocycles. The fraction of sp³-hybridized carbons (Fsp3) is 0.333. The smallest absolute Gasteiger partial charge is 0.251 e. The highest BCUT2D eigenvalue weighted by Crippen LogP contribution is 2.29. The Bertz CT molecular complexity index is 695. The van der Waals surface area contributed by atoms with Crippen LogP contribution in [0.2, 0.25) is 5.02 Å². The van der Waals surface area contributed by atoms with Crippen molar-refractivity contribution in [2.24, 2.45) is 5.92 Å². The minimum atomic E-state index is -0.113. The van der Waals surface area contributed by atoms with Crippen LogP contribution in [0.1, 0.15) is 23.2 Å². The molecule has 3 rings (SSSR count). The summed E-state index contributed by atoms with van der Waals surface area (Å²) >= 11 is 6.23. The van der Waals surface area contributed by atoms with Crippen molar-refractivity contribution in [2.45, 2.75) is 12.8 Å². The molecule has 0 bridgehead atoms. The van der Waals surface area contributed by atoms with Crippen LogP contribution >= 0.6 is 36.4 Å². The van der Waals surface area contributed by atoms with Gasteiger partial charge in [-0.15, -0.1) is 24.8 Å². The van der Waals surface area contributed by atoms with Crippen molar-refractivity contribution in [2.75, 3.05) is 19.6 Å². The second-order valence-corrected chi connectivity index (χ2v) is 6.24. The molecule has 142 valence electrons. The maximum Gasteiger partial charge on any atom is 0.251 e. The van der Waals surface area contributed by atoms with E-state index in [1.807, 2.05) is 0 Å². The van der Waals surface area contributed by atoms with E-state index in [1.165, 1.54) is 6.42 Å². The topological polar surface area (TPSA) is 63.2 Å². The molecule has 1 aromatic carbocycles. The van der Waals surface area contributed by atoms with Gasteiger partial charge in [-0.05, 0) is 62.2 Å². The van der Waals surface area contributed by atoms with Gasteiger partial charge in [0.25, 0.3) is 5.91 Å². The molecule has 1 amide bonds. The van der Waals surface area contributed by atoms with Crippen LogP contribution in [-0.4, -0.2) is 30.5 Å². The number of halogens is 3. The Balaban J connectivity index is 0.00000169. The van der Waals surface area contributed by atoms with E-state index in [9.17, 15) is 4.79 Å². The van der Waals surface area contributed by atoms with E-state index in [1.54, 1.807) is 42.7 Å². The summed E-state index contributed by atoms with van der Waals surface area (Å²) in [5.41, 5.74) is 0.534. The summed E-state index contributed by atoms with van der Waals surface area (Å²) in [6.45, 7) is 2.80. The van der Waals surface area contributed by atoms with Gasteiger partial charge < -0.3 is 15.4 Å². The van der Waals surface area contributed by atoms with E-state index in [-0.39, 0.29) is 30.7 Å². The van der Waals surface area contributed by atoms with Crippen LogP contribution in [0.15, 0.2) is 42.7 Å². The Hall–Kier alpha value is -1.53. The summed E-state index contributed by atoms with van der Waals surface area (Å²) in [4.78, 5) is 16.1. The number of nitrogens with zero attached hydrogens (tertiary/aromatic N) is 1. The molecule has 2 heterocycles. The van der Waals surface area contributed by atoms with Gasteiger partial charge in [0.2, 0.25) is 0 Å². The van der Waals surface area contributed by atoms with Gasteiger partial charge in [-0.3, -0.25) is 9.78 Å². The van der Waals surface area contributed by atoms with Crippen LogP contribution in [0.4, 0.5) is 0 Å². The lowest BCUT2D eigenvalue weighted by atomic mass is 10.1. The van der Waals surface area contributed by atoms with Gasteiger partial charge in [0, 0.05) is 24.5 Å². The van der Waals surface area contributed by atoms with Crippen LogP contribution in [0, 0.1) is 5.92 Å². The zero-order valence-corrected chi connectivity index (χ0v) is 16.5. The number of ether oxygens (including phenoxy) is 1. The Morgan fingerprint density at radius 1 is 1.27 bits per heavy atom. The molecule has 0 spiro atoms. The number of carbonyl (C=O) groups is 1. The molecule has 2 aromatic rings. The van der Waals surface area contributed by atoms with Gasteiger partial charge in [0.15, 0.2) is 0 Å². The Morgan fingerprint density at radius 2 is 2.04 bits per heavy atom. The second-order valence-electron chi connectivity index (χ2n) is 5.83. The Kier molecular flexibility index (Phi) is 9.73. The zero-order chi connectivity index (χ0) is 16.8. The SMILES string of the molecule is Cl.Cl.O=C(NCCC1CCNC1)c1ccc(Oc2ccncc2)c(Cl)c1. The predicted octanol–water partition coefficient (Wildman–Crippen LogP) is 4.10. The maximum atomic E-state index is 12.2. The van der Waals surface area contributed by atoms with E-state index in [0.717, 1.165) is 19.5 Å². The second kappa shape index (κ2) is 11.2. The van der Waals surface area contributed by atoms with Crippen LogP contribution < -0.4 is 15.4 Å². The van der Waals surface area contributed by atoms with Crippen molar-refractivity contribution in [3.63, 3.8) is 0 Å². The summed E-state index contributed by atoms with van der Waals surface area (Å²) in [5.74, 6) is 1.70. The van der Waals surface area contributed by atoms with Crippen molar-refractivity contribution < 1.29 is 9.53 Å². The number of carbonyl (C=O) groups excluding carboxylic acids is 1. The molecule has 1 aliphatic rings. The molecular formula is C18H22Cl3N3O2. The average Bonchev–Trinajstić information content (AvgIpc) is 3.11. The standard InChI is InChI=1S/C18H20ClN3O2.2ClH/c19-16-11-14(18(23)22-10-4-13-3-7-21-12-13)1-2-17(16)24-15-5-8-20-9-6-15;;/h1-2,5-6,8-9,11,13,21H,3-4,7,10,12H2,(H,22,23);2*1H. The summed E-state index contributed by atoms with van der Waals surface area (Å²) in [7, 11) is 0. The van der Waals surface area contributed by atoms with Crippen LogP contribution in [0.5, 0.6) is 11.5 Å². The minimum absolute atomic E-state index is 0. The monoisotopic (exact) mass is 417 g/mol. The van der Waals surface area contributed by atoms with Gasteiger partial charge in [0.05, 0.1) is 5.02 Å². The van der Waals surface area contributed by atoms with Crippen molar-refractivity contribution in [1.29, 1.82) is 0 Å². The van der Waals surface area contributed by atoms with Gasteiger partial charge in [-0.1, -0.05) is 11.6 Å². The highest BCUT2D eigenvalue weighted by atomic mass is 35.5. The molecule has 8 heteroatoms. The lowest BCUT2D eigenvalue weighted by molar-refractivity contribution is 0.0951. The van der Waals surface area contributed by atoms with Gasteiger partial charge in [-0.2, -0.15) is 0 Å². The van der Waals surface area contributed by atoms with Gasteiger partial charge >= 0.3 is 0 Å². The van der Waals surface area contributed by atoms with Gasteiger partial charge in [0.1, 0.15) is 11.5 Å². The first-order chi connectivity index (χ1) is 11.7. The Labute approximate surface area is 170 Å². The van der Waals surface area contributed by atoms with E-state index in [0.29, 0.717) is 34.5 Å². The van der Waals surface area contributed by atoms with E-state index in [4.69, 9.17) is 16.3 Å². The van der Waals surface area contributed by atoms with Crippen molar-refractivity contribution in [3.8, 4) is 11.5 Å². The number of rotatable bonds is 6. The number of nitrogens with one attached hydrogen (secondary N) is 2. The normalized spacial score (nSPS) is 15.5. The van der Waals surface area contributed by atoms with Crippen molar-refractivity contribution in [1.82, 2.24) is 15.6 Å². The molecule has 1 aromatic heterocycles. The molecule has 1 saturated heterocycles. The third kappa shape index (κ3) is 6.32. The van der Waals surface area contributed by atoms with E-state index in [2.05, 4.69) is 15.6 Å². The fourth-order valence-corrected chi connectivity index (χ4v) is 2.93. The molecule has 2 N–H and O–H groups in total. The molecular weight excluding hydrogens is 397 g/mol. The quantitative estimate of drug-likeness (QED) is 0.741. The lowest BCUT2D eigenvalue weighted by Gasteiger charge is -2.11. The average molecular weight is 419 g/mol. The highest BCUT2D eigenvalue weighted by Gasteiger charge is 2.15. The van der Waals surface area contributed by atoms with E-state index < -0.39 is 0 Å². The first-order valence-electron chi connectivity index (χ1n) is 8.09. The molecule has 1 unspecified atom stereocenters. The number of amides is 1. The van der Waals surface area contributed by atoms with Crippen molar-refractivity contribution in [3.05, 3.63) is 53.3 Å². The van der Waals surface area contributed by atoms with Crippen LogP contribution in [-0.2, 0) is 0 Å². The molecule has 0 radical (unpaired) electrons. The van der Waals surface area contributed by atoms with Crippen LogP contribution in [0.3, 0.4) is 0 Å². The third-order valence-corrected chi connectivity index (χ3v) is 4.37. The number of aromatic nitrogens is 1. The third-order valence-electron chi connectivity index (χ3n) is 4.07. The maximum absolute atomic E-state index is 12.2. The molecule has 0 saturated carbocycles. The summed E-state index contributed by atoms with van der Waals surface area (Å²) in [5, 5.41) is 6.68. The summed E-state index contributed by atoms with van der Waals surface area (Å²) < 4.78 is 5.68. The molecule has 1 atom stereocenters. The number of hydrogen-bond donors (Lipinski definition) is 2. The van der Waals surface area contributed by atoms with E-state index >= 15 is 0 Å². The molecule has 1 aliphatic heterocycles. The first kappa shape index (κ1) is 22.5. The minimum Gasteiger partial charge on any atom is -0.456 e. The largest absolute Gasteiger partial charge is 0.456 e. The zero-order valence-electron chi connectivity index (χ0n) is 14.1. The first-order valence-corrected chi connectivity index (χ1v) is 8.46. The van der Waals surface area contributed by atoms with Crippen LogP contribution in [0.25, 0.3) is 0 Å². The molecule has 1 fully saturated rings. The molecule has 26 heavy (non-hydrogen) atoms. The summed E-state index contributed by atoms with van der Waals surface area (Å²) in [6.07, 6.45) is 5.47. The van der Waals surface area contributed by atoms with Crippen molar-refractivity contribution >= 4 is 42.3 Å². The number of hydrogen-bond acceptors (Lipinski definition) is 4. The highest BCUT2D eigenvalue weighted by molar-refractivity contribution is 6.32. The molecule has 5 nitrogen and oxygen atoms in total. The summed E-state index contributed by atoms with van der Waals surface area (Å²) in [6, 6.07) is 8.54. The van der Waals surface area contributed by atoms with Gasteiger partial charge in [-0.25, -0.2) is 0 Å². The number of benzene rings is 1. The number of pyridine rings is 1. The fourth-order valence-electron chi connectivity index (χ4n) is 2.71. The Morgan fingerprint density at radius 3 is 2.69 bits per heavy atom.